The van der Waals surface area contributed by atoms with Crippen LogP contribution in [-0.2, 0) is 4.74 Å². The third-order valence-electron chi connectivity index (χ3n) is 2.38. The fourth-order valence-corrected chi connectivity index (χ4v) is 1.52. The highest BCUT2D eigenvalue weighted by Gasteiger charge is 2.13. The molecule has 2 aromatic rings. The number of benzene rings is 1. The first-order chi connectivity index (χ1) is 8.58. The summed E-state index contributed by atoms with van der Waals surface area (Å²) in [5, 5.41) is 0.456. The lowest BCUT2D eigenvalue weighted by molar-refractivity contribution is 0.0423. The molecule has 1 heterocycles. The molecule has 0 N–H and O–H groups in total. The summed E-state index contributed by atoms with van der Waals surface area (Å²) >= 11 is 0. The summed E-state index contributed by atoms with van der Waals surface area (Å²) in [6.45, 7) is 4.17. The Morgan fingerprint density at radius 3 is 2.78 bits per heavy atom. The Balaban J connectivity index is 2.35. The van der Waals surface area contributed by atoms with Crippen molar-refractivity contribution in [2.45, 2.75) is 13.8 Å². The van der Waals surface area contributed by atoms with E-state index in [2.05, 4.69) is 0 Å². The lowest BCUT2D eigenvalue weighted by Crippen LogP contribution is -2.13. The van der Waals surface area contributed by atoms with Crippen molar-refractivity contribution >= 4 is 16.9 Å². The van der Waals surface area contributed by atoms with Crippen molar-refractivity contribution < 1.29 is 13.9 Å². The van der Waals surface area contributed by atoms with E-state index in [1.165, 1.54) is 6.07 Å². The van der Waals surface area contributed by atoms with Crippen LogP contribution in [0.2, 0.25) is 0 Å². The van der Waals surface area contributed by atoms with Crippen molar-refractivity contribution in [1.82, 2.24) is 0 Å². The Hall–Kier alpha value is -2.10. The summed E-state index contributed by atoms with van der Waals surface area (Å²) in [4.78, 5) is 23.5. The van der Waals surface area contributed by atoms with Crippen LogP contribution in [0.3, 0.4) is 0 Å². The van der Waals surface area contributed by atoms with Gasteiger partial charge in [-0.2, -0.15) is 0 Å². The molecule has 4 heteroatoms. The minimum atomic E-state index is -0.605. The maximum Gasteiger partial charge on any atom is 0.374 e. The highest BCUT2D eigenvalue weighted by molar-refractivity contribution is 5.88. The van der Waals surface area contributed by atoms with Crippen LogP contribution < -0.4 is 5.43 Å². The summed E-state index contributed by atoms with van der Waals surface area (Å²) in [5.41, 5.74) is 0.148. The third-order valence-corrected chi connectivity index (χ3v) is 2.38. The Bertz CT molecular complexity index is 625. The largest absolute Gasteiger partial charge is 0.460 e. The first kappa shape index (κ1) is 12.4. The predicted octanol–water partition coefficient (Wildman–Crippen LogP) is 2.61. The van der Waals surface area contributed by atoms with E-state index in [0.717, 1.165) is 0 Å². The lowest BCUT2D eigenvalue weighted by atomic mass is 10.2. The molecule has 0 saturated heterocycles. The minimum Gasteiger partial charge on any atom is -0.460 e. The Morgan fingerprint density at radius 2 is 2.06 bits per heavy atom. The van der Waals surface area contributed by atoms with Crippen LogP contribution in [-0.4, -0.2) is 12.6 Å². The molecule has 1 aromatic carbocycles. The molecule has 0 aliphatic heterocycles. The SMILES string of the molecule is CC(C)COC(=O)c1cc(=O)c2ccccc2o1. The minimum absolute atomic E-state index is 0.0562. The van der Waals surface area contributed by atoms with Gasteiger partial charge in [-0.05, 0) is 18.1 Å². The molecule has 0 aliphatic rings. The lowest BCUT2D eigenvalue weighted by Gasteiger charge is -2.06. The van der Waals surface area contributed by atoms with Crippen molar-refractivity contribution in [2.24, 2.45) is 5.92 Å². The molecular weight excluding hydrogens is 232 g/mol. The number of rotatable bonds is 3. The second-order valence-electron chi connectivity index (χ2n) is 4.46. The number of carbonyl (C=O) groups excluding carboxylic acids is 1. The fourth-order valence-electron chi connectivity index (χ4n) is 1.52. The van der Waals surface area contributed by atoms with Crippen LogP contribution in [0, 0.1) is 5.92 Å². The van der Waals surface area contributed by atoms with Crippen molar-refractivity contribution in [3.63, 3.8) is 0 Å². The Morgan fingerprint density at radius 1 is 1.33 bits per heavy atom. The number of hydrogen-bond donors (Lipinski definition) is 0. The molecule has 94 valence electrons. The van der Waals surface area contributed by atoms with Gasteiger partial charge in [0.2, 0.25) is 5.76 Å². The first-order valence-electron chi connectivity index (χ1n) is 5.78. The zero-order chi connectivity index (χ0) is 13.1. The number of carbonyl (C=O) groups is 1. The normalized spacial score (nSPS) is 10.8. The van der Waals surface area contributed by atoms with Crippen LogP contribution >= 0.6 is 0 Å². The average molecular weight is 246 g/mol. The fraction of sp³-hybridized carbons (Fsp3) is 0.286. The molecule has 0 bridgehead atoms. The Kier molecular flexibility index (Phi) is 3.46. The Labute approximate surface area is 104 Å². The number of para-hydroxylation sites is 1. The average Bonchev–Trinajstić information content (AvgIpc) is 2.36. The number of esters is 1. The van der Waals surface area contributed by atoms with Crippen molar-refractivity contribution in [1.29, 1.82) is 0 Å². The van der Waals surface area contributed by atoms with Gasteiger partial charge in [-0.1, -0.05) is 26.0 Å². The molecule has 1 aromatic heterocycles. The zero-order valence-corrected chi connectivity index (χ0v) is 10.3. The monoisotopic (exact) mass is 246 g/mol. The predicted molar refractivity (Wildman–Crippen MR) is 67.6 cm³/mol. The molecule has 18 heavy (non-hydrogen) atoms. The molecule has 0 fully saturated rings. The van der Waals surface area contributed by atoms with Crippen LogP contribution in [0.4, 0.5) is 0 Å². The molecular formula is C14H14O4. The van der Waals surface area contributed by atoms with Gasteiger partial charge in [0.15, 0.2) is 5.43 Å². The summed E-state index contributed by atoms with van der Waals surface area (Å²) < 4.78 is 10.4. The highest BCUT2D eigenvalue weighted by Crippen LogP contribution is 2.12. The van der Waals surface area contributed by atoms with E-state index in [0.29, 0.717) is 17.6 Å². The molecule has 0 aliphatic carbocycles. The molecule has 0 atom stereocenters. The van der Waals surface area contributed by atoms with Gasteiger partial charge >= 0.3 is 5.97 Å². The molecule has 2 rings (SSSR count). The van der Waals surface area contributed by atoms with Crippen molar-refractivity contribution in [3.05, 3.63) is 46.3 Å². The molecule has 0 radical (unpaired) electrons. The van der Waals surface area contributed by atoms with E-state index in [1.807, 2.05) is 13.8 Å². The van der Waals surface area contributed by atoms with Gasteiger partial charge in [0, 0.05) is 6.07 Å². The van der Waals surface area contributed by atoms with Gasteiger partial charge in [0.25, 0.3) is 0 Å². The summed E-state index contributed by atoms with van der Waals surface area (Å²) in [6.07, 6.45) is 0. The smallest absolute Gasteiger partial charge is 0.374 e. The second kappa shape index (κ2) is 5.04. The van der Waals surface area contributed by atoms with Crippen molar-refractivity contribution in [2.75, 3.05) is 6.61 Å². The highest BCUT2D eigenvalue weighted by atomic mass is 16.5. The molecule has 4 nitrogen and oxygen atoms in total. The molecule has 0 saturated carbocycles. The van der Waals surface area contributed by atoms with E-state index in [9.17, 15) is 9.59 Å². The van der Waals surface area contributed by atoms with Crippen LogP contribution in [0.25, 0.3) is 11.0 Å². The standard InChI is InChI=1S/C14H14O4/c1-9(2)8-17-14(16)13-7-11(15)10-5-3-4-6-12(10)18-13/h3-7,9H,8H2,1-2H3. The van der Waals surface area contributed by atoms with Gasteiger partial charge < -0.3 is 9.15 Å². The maximum atomic E-state index is 11.8. The van der Waals surface area contributed by atoms with Gasteiger partial charge in [-0.25, -0.2) is 4.79 Å². The van der Waals surface area contributed by atoms with Gasteiger partial charge in [-0.15, -0.1) is 0 Å². The number of fused-ring (bicyclic) bond motifs is 1. The second-order valence-corrected chi connectivity index (χ2v) is 4.46. The summed E-state index contributed by atoms with van der Waals surface area (Å²) in [6, 6.07) is 7.97. The van der Waals surface area contributed by atoms with Crippen molar-refractivity contribution in [3.8, 4) is 0 Å². The summed E-state index contributed by atoms with van der Waals surface area (Å²) in [7, 11) is 0. The van der Waals surface area contributed by atoms with E-state index in [-0.39, 0.29) is 17.1 Å². The van der Waals surface area contributed by atoms with Gasteiger partial charge in [0.05, 0.1) is 12.0 Å². The van der Waals surface area contributed by atoms with E-state index < -0.39 is 5.97 Å². The van der Waals surface area contributed by atoms with E-state index >= 15 is 0 Å². The zero-order valence-electron chi connectivity index (χ0n) is 10.3. The summed E-state index contributed by atoms with van der Waals surface area (Å²) in [5.74, 6) is -0.424. The van der Waals surface area contributed by atoms with Crippen LogP contribution in [0.1, 0.15) is 24.4 Å². The van der Waals surface area contributed by atoms with Gasteiger partial charge in [0.1, 0.15) is 5.58 Å². The number of hydrogen-bond acceptors (Lipinski definition) is 4. The quantitative estimate of drug-likeness (QED) is 0.781. The number of ether oxygens (including phenoxy) is 1. The topological polar surface area (TPSA) is 56.5 Å². The molecule has 0 amide bonds. The van der Waals surface area contributed by atoms with E-state index in [4.69, 9.17) is 9.15 Å². The maximum absolute atomic E-state index is 11.8. The van der Waals surface area contributed by atoms with Crippen LogP contribution in [0.5, 0.6) is 0 Å². The first-order valence-corrected chi connectivity index (χ1v) is 5.78. The van der Waals surface area contributed by atoms with Crippen LogP contribution in [0.15, 0.2) is 39.5 Å². The van der Waals surface area contributed by atoms with E-state index in [1.54, 1.807) is 24.3 Å². The molecule has 0 unspecified atom stereocenters. The molecule has 0 spiro atoms. The van der Waals surface area contributed by atoms with Gasteiger partial charge in [-0.3, -0.25) is 4.79 Å². The third kappa shape index (κ3) is 2.59.